The Bertz CT molecular complexity index is 4910. The van der Waals surface area contributed by atoms with Gasteiger partial charge in [0.05, 0.1) is 41.9 Å². The number of rotatable bonds is 32. The molecule has 1 amide bonds. The number of aromatic nitrogens is 9. The number of likely N-dealkylation sites (N-methyl/N-ethyl adjacent to an activating group) is 2. The van der Waals surface area contributed by atoms with Crippen LogP contribution >= 0.6 is 11.6 Å². The maximum Gasteiger partial charge on any atom is 0.488 e. The van der Waals surface area contributed by atoms with Gasteiger partial charge in [0.15, 0.2) is 28.3 Å². The Hall–Kier alpha value is -9.68. The quantitative estimate of drug-likeness (QED) is 0.0173. The van der Waals surface area contributed by atoms with E-state index in [4.69, 9.17) is 83.6 Å². The number of aliphatic hydroxyl groups is 1. The maximum absolute atomic E-state index is 12.7. The number of ether oxygens (including phenoxy) is 8. The van der Waals surface area contributed by atoms with Crippen LogP contribution in [0.5, 0.6) is 17.2 Å². The minimum atomic E-state index is -2.16. The van der Waals surface area contributed by atoms with Crippen molar-refractivity contribution >= 4 is 70.8 Å². The van der Waals surface area contributed by atoms with E-state index >= 15 is 0 Å². The van der Waals surface area contributed by atoms with Crippen molar-refractivity contribution in [2.75, 3.05) is 122 Å². The number of pyridine rings is 3. The van der Waals surface area contributed by atoms with Gasteiger partial charge in [0.2, 0.25) is 5.28 Å². The molecule has 0 aliphatic carbocycles. The van der Waals surface area contributed by atoms with Gasteiger partial charge in [-0.15, -0.1) is 0 Å². The standard InChI is InChI=1S/C31H49ClN4O5Si.C31H45N5O3Si.C26H32N4O3.C5H6BNO2.C5H10O2/c1-30(2,3)40-29(37)35(7)20-25(41-42(9,10)31(4,5)6)21-39-24-13-11-12-22(18-24)26-19-27(34-28(32)33-26)36(8)23-14-16-38-17-15-23;1-31(2,3)40(6,7)39-27(21-32-4)22-38-26-10-8-9-24(19-26)30-34-28(23-11-15-33-16-12-23)20-29(35-30)36(5)25-13-17-37-18-14-25;1-3-5-22(31)18-33-23-7-4-6-20(16-23)24-17-25(30(2)21-10-14-32-15-11-21)29-26(28-24)19-8-12-27-13-9-19;8-6(9)5-1-3-7-4-2-5;1-5(2,3)7-4-6/h11-13,18-19,23,25H,14-17,20-21H2,1-10H3;8-12,15-16,19-20,25,27,32H,13-14,17-18,21-22H2,1-7H3;4,6-9,12-13,16-17,21-22,31H,3,5,10-11,14-15,18H2,1-2H3;1-4,8-9H;4H,1-3H3. The molecule has 131 heavy (non-hydrogen) atoms. The van der Waals surface area contributed by atoms with Crippen molar-refractivity contribution in [3.05, 3.63) is 170 Å². The first kappa shape index (κ1) is 107. The molecule has 0 radical (unpaired) electrons. The van der Waals surface area contributed by atoms with Gasteiger partial charge in [-0.05, 0) is 220 Å². The molecule has 0 spiro atoms. The third-order valence-electron chi connectivity index (χ3n) is 23.2. The molecule has 33 heteroatoms. The first-order valence-corrected chi connectivity index (χ1v) is 51.5. The molecule has 9 heterocycles. The zero-order valence-corrected chi connectivity index (χ0v) is 83.8. The van der Waals surface area contributed by atoms with Gasteiger partial charge < -0.3 is 86.8 Å². The SMILES string of the molecule is CC(C)(C)OC=O.CCCC(O)COc1cccc(-c2cc(N(C)C3CCOCC3)nc(-c3ccncc3)n2)c1.CN(CC(COc1cccc(-c2cc(N(C)C3CCOCC3)nc(Cl)n2)c1)O[Si](C)(C)C(C)(C)C)C(=O)OC(C)(C)C.CNCC(COc1cccc(-c2nc(-c3ccncc3)cc(N(C)C3CCOCC3)n2)c1)O[Si](C)(C)C(C)(C)C.OB(O)c1ccncc1. The van der Waals surface area contributed by atoms with E-state index in [0.717, 1.165) is 160 Å². The number of nitrogens with one attached hydrogen (secondary N) is 1. The van der Waals surface area contributed by atoms with Crippen LogP contribution in [0.4, 0.5) is 22.2 Å². The largest absolute Gasteiger partial charge is 0.491 e. The summed E-state index contributed by atoms with van der Waals surface area (Å²) in [6.45, 7) is 42.5. The van der Waals surface area contributed by atoms with Crippen molar-refractivity contribution < 1.29 is 71.5 Å². The number of amides is 1. The first-order chi connectivity index (χ1) is 62.0. The summed E-state index contributed by atoms with van der Waals surface area (Å²) in [4.78, 5) is 71.3. The summed E-state index contributed by atoms with van der Waals surface area (Å²) in [7, 11) is 4.44. The highest BCUT2D eigenvalue weighted by Crippen LogP contribution is 2.40. The number of benzene rings is 3. The number of halogens is 1. The molecule has 9 aromatic rings. The second kappa shape index (κ2) is 51.0. The normalized spacial score (nSPS) is 14.8. The molecule has 3 unspecified atom stereocenters. The van der Waals surface area contributed by atoms with Crippen LogP contribution in [0.1, 0.15) is 141 Å². The number of nitrogens with zero attached hydrogens (tertiary/aromatic N) is 13. The first-order valence-electron chi connectivity index (χ1n) is 45.3. The summed E-state index contributed by atoms with van der Waals surface area (Å²) in [5.74, 6) is 6.03. The van der Waals surface area contributed by atoms with Gasteiger partial charge in [-0.1, -0.05) is 91.3 Å². The molecule has 3 saturated heterocycles. The van der Waals surface area contributed by atoms with Crippen LogP contribution in [0.15, 0.2) is 165 Å². The summed E-state index contributed by atoms with van der Waals surface area (Å²) in [6, 6.07) is 41.7. The fourth-order valence-corrected chi connectivity index (χ4v) is 16.4. The molecular formula is C98H142BClN14O15Si2. The third-order valence-corrected chi connectivity index (χ3v) is 32.4. The molecule has 0 saturated carbocycles. The molecule has 29 nitrogen and oxygen atoms in total. The van der Waals surface area contributed by atoms with Crippen LogP contribution < -0.4 is 39.7 Å². The Morgan fingerprint density at radius 2 is 0.893 bits per heavy atom. The third kappa shape index (κ3) is 35.3. The van der Waals surface area contributed by atoms with E-state index in [1.807, 2.05) is 172 Å². The zero-order valence-electron chi connectivity index (χ0n) is 81.1. The smallest absolute Gasteiger partial charge is 0.488 e. The Balaban J connectivity index is 0.000000223. The van der Waals surface area contributed by atoms with Gasteiger partial charge in [0.1, 0.15) is 65.7 Å². The molecule has 3 aromatic carbocycles. The lowest BCUT2D eigenvalue weighted by atomic mass is 9.81. The molecule has 4 N–H and O–H groups in total. The molecule has 3 aliphatic rings. The molecule has 6 aromatic heterocycles. The van der Waals surface area contributed by atoms with Crippen LogP contribution in [0.2, 0.25) is 41.5 Å². The molecule has 3 aliphatic heterocycles. The maximum atomic E-state index is 12.7. The average molecular weight is 1860 g/mol. The average Bonchev–Trinajstić information content (AvgIpc) is 0.790. The van der Waals surface area contributed by atoms with Crippen molar-refractivity contribution in [1.82, 2.24) is 55.1 Å². The monoisotopic (exact) mass is 1860 g/mol. The van der Waals surface area contributed by atoms with Gasteiger partial charge in [-0.3, -0.25) is 19.7 Å². The van der Waals surface area contributed by atoms with E-state index < -0.39 is 41.6 Å². The minimum Gasteiger partial charge on any atom is -0.491 e. The Labute approximate surface area is 784 Å². The fourth-order valence-electron chi connectivity index (χ4n) is 13.6. The molecule has 12 rings (SSSR count). The van der Waals surface area contributed by atoms with E-state index in [0.29, 0.717) is 72.1 Å². The van der Waals surface area contributed by atoms with Crippen molar-refractivity contribution in [1.29, 1.82) is 0 Å². The lowest BCUT2D eigenvalue weighted by Gasteiger charge is -2.40. The summed E-state index contributed by atoms with van der Waals surface area (Å²) in [5, 5.41) is 30.7. The summed E-state index contributed by atoms with van der Waals surface area (Å²) in [5.41, 5.74) is 6.61. The highest BCUT2D eigenvalue weighted by Gasteiger charge is 2.41. The highest BCUT2D eigenvalue weighted by molar-refractivity contribution is 6.74. The minimum absolute atomic E-state index is 0.00252. The highest BCUT2D eigenvalue weighted by atomic mass is 35.5. The lowest BCUT2D eigenvalue weighted by Crippen LogP contribution is -2.49. The summed E-state index contributed by atoms with van der Waals surface area (Å²) < 4.78 is 58.6. The molecule has 3 fully saturated rings. The van der Waals surface area contributed by atoms with E-state index in [-0.39, 0.29) is 46.4 Å². The summed E-state index contributed by atoms with van der Waals surface area (Å²) >= 11 is 6.38. The van der Waals surface area contributed by atoms with E-state index in [2.05, 4.69) is 138 Å². The van der Waals surface area contributed by atoms with Crippen LogP contribution in [0.3, 0.4) is 0 Å². The number of hydrogen-bond donors (Lipinski definition) is 4. The van der Waals surface area contributed by atoms with Gasteiger partial charge in [0, 0.05) is 176 Å². The van der Waals surface area contributed by atoms with Crippen LogP contribution in [-0.2, 0) is 37.3 Å². The van der Waals surface area contributed by atoms with E-state index in [9.17, 15) is 14.7 Å². The number of carbonyl (C=O) groups is 2. The molecular weight excluding hydrogens is 1720 g/mol. The van der Waals surface area contributed by atoms with E-state index in [1.54, 1.807) is 48.9 Å². The topological polar surface area (TPSA) is 328 Å². The predicted octanol–water partition coefficient (Wildman–Crippen LogP) is 16.9. The van der Waals surface area contributed by atoms with Crippen LogP contribution in [0.25, 0.3) is 56.5 Å². The number of anilines is 3. The zero-order chi connectivity index (χ0) is 95.7. The van der Waals surface area contributed by atoms with Crippen molar-refractivity contribution in [3.8, 4) is 73.8 Å². The number of hydrogen-bond acceptors (Lipinski definition) is 28. The Morgan fingerprint density at radius 3 is 1.29 bits per heavy atom. The van der Waals surface area contributed by atoms with Crippen molar-refractivity contribution in [2.24, 2.45) is 0 Å². The van der Waals surface area contributed by atoms with Crippen molar-refractivity contribution in [3.63, 3.8) is 0 Å². The molecule has 712 valence electrons. The predicted molar refractivity (Wildman–Crippen MR) is 526 cm³/mol. The lowest BCUT2D eigenvalue weighted by molar-refractivity contribution is -0.138. The van der Waals surface area contributed by atoms with Gasteiger partial charge in [-0.25, -0.2) is 34.7 Å². The number of carbonyl (C=O) groups excluding carboxylic acids is 2. The fraction of sp³-hybridized carbons (Fsp3) is 0.520. The Kier molecular flexibility index (Phi) is 41.5. The Morgan fingerprint density at radius 1 is 0.511 bits per heavy atom. The number of aliphatic hydroxyl groups excluding tert-OH is 1. The summed E-state index contributed by atoms with van der Waals surface area (Å²) in [6.07, 6.45) is 16.3. The van der Waals surface area contributed by atoms with Gasteiger partial charge in [0.25, 0.3) is 6.47 Å². The van der Waals surface area contributed by atoms with Gasteiger partial charge in [-0.2, -0.15) is 0 Å². The molecule has 0 bridgehead atoms. The van der Waals surface area contributed by atoms with Gasteiger partial charge >= 0.3 is 13.2 Å². The van der Waals surface area contributed by atoms with E-state index in [1.165, 1.54) is 12.4 Å². The molecule has 3 atom stereocenters. The van der Waals surface area contributed by atoms with Crippen molar-refractivity contribution in [2.45, 2.75) is 225 Å². The van der Waals surface area contributed by atoms with Crippen LogP contribution in [-0.4, -0.2) is 257 Å². The second-order valence-corrected chi connectivity index (χ2v) is 47.8. The second-order valence-electron chi connectivity index (χ2n) is 37.9. The van der Waals surface area contributed by atoms with Crippen LogP contribution in [0, 0.1) is 0 Å².